The number of benzene rings is 1. The predicted octanol–water partition coefficient (Wildman–Crippen LogP) is 1.86. The highest BCUT2D eigenvalue weighted by Crippen LogP contribution is 2.28. The maximum absolute atomic E-state index is 13.0. The van der Waals surface area contributed by atoms with Crippen LogP contribution in [-0.4, -0.2) is 45.7 Å². The molecule has 0 radical (unpaired) electrons. The van der Waals surface area contributed by atoms with E-state index in [-0.39, 0.29) is 22.4 Å². The van der Waals surface area contributed by atoms with Gasteiger partial charge in [-0.3, -0.25) is 0 Å². The summed E-state index contributed by atoms with van der Waals surface area (Å²) in [5, 5.41) is 2.46. The Kier molecular flexibility index (Phi) is 5.04. The Morgan fingerprint density at radius 1 is 1.00 bits per heavy atom. The molecule has 3 rings (SSSR count). The summed E-state index contributed by atoms with van der Waals surface area (Å²) in [6.45, 7) is 1.89. The van der Waals surface area contributed by atoms with Crippen LogP contribution in [0.5, 0.6) is 0 Å². The van der Waals surface area contributed by atoms with Gasteiger partial charge >= 0.3 is 0 Å². The molecule has 134 valence electrons. The summed E-state index contributed by atoms with van der Waals surface area (Å²) in [6, 6.07) is 6.37. The van der Waals surface area contributed by atoms with Gasteiger partial charge in [0.2, 0.25) is 0 Å². The molecule has 2 atom stereocenters. The fourth-order valence-electron chi connectivity index (χ4n) is 3.75. The van der Waals surface area contributed by atoms with Crippen molar-refractivity contribution in [3.8, 4) is 0 Å². The van der Waals surface area contributed by atoms with Crippen molar-refractivity contribution in [2.75, 3.05) is 11.5 Å². The van der Waals surface area contributed by atoms with Crippen LogP contribution in [0, 0.1) is 6.92 Å². The van der Waals surface area contributed by atoms with Crippen LogP contribution in [0.25, 0.3) is 0 Å². The average Bonchev–Trinajstić information content (AvgIpc) is 2.84. The lowest BCUT2D eigenvalue weighted by Gasteiger charge is -2.28. The molecule has 1 aromatic rings. The zero-order valence-electron chi connectivity index (χ0n) is 13.9. The van der Waals surface area contributed by atoms with Gasteiger partial charge in [0, 0.05) is 12.1 Å². The van der Waals surface area contributed by atoms with E-state index in [1.165, 1.54) is 6.42 Å². The third kappa shape index (κ3) is 3.83. The Hall–Kier alpha value is -0.920. The fourth-order valence-corrected chi connectivity index (χ4v) is 8.43. The standard InChI is InChI=1S/C17H25NO4S2/c1-13-7-9-15(10-8-13)24(21,22)17-12-23(19,20)11-16(17)18-14-5-3-2-4-6-14/h7-10,14,16-18H,2-6,11-12H2,1H3/t16-,17-/m1/s1. The Morgan fingerprint density at radius 3 is 2.25 bits per heavy atom. The van der Waals surface area contributed by atoms with Crippen molar-refractivity contribution in [2.24, 2.45) is 0 Å². The van der Waals surface area contributed by atoms with E-state index >= 15 is 0 Å². The van der Waals surface area contributed by atoms with Crippen molar-refractivity contribution < 1.29 is 16.8 Å². The average molecular weight is 372 g/mol. The number of aryl methyl sites for hydroxylation is 1. The van der Waals surface area contributed by atoms with Crippen LogP contribution in [0.2, 0.25) is 0 Å². The molecule has 5 nitrogen and oxygen atoms in total. The first-order chi connectivity index (χ1) is 11.3. The highest BCUT2D eigenvalue weighted by Gasteiger charge is 2.46. The first kappa shape index (κ1) is 17.9. The van der Waals surface area contributed by atoms with Gasteiger partial charge < -0.3 is 5.32 Å². The van der Waals surface area contributed by atoms with Gasteiger partial charge in [-0.2, -0.15) is 0 Å². The summed E-state index contributed by atoms with van der Waals surface area (Å²) in [6.07, 6.45) is 5.42. The molecule has 1 saturated heterocycles. The van der Waals surface area contributed by atoms with Gasteiger partial charge in [-0.1, -0.05) is 37.0 Å². The van der Waals surface area contributed by atoms with Crippen LogP contribution < -0.4 is 5.32 Å². The molecule has 0 unspecified atom stereocenters. The minimum absolute atomic E-state index is 0.0841. The van der Waals surface area contributed by atoms with Crippen molar-refractivity contribution in [1.82, 2.24) is 5.32 Å². The van der Waals surface area contributed by atoms with Crippen molar-refractivity contribution in [3.63, 3.8) is 0 Å². The molecule has 2 fully saturated rings. The van der Waals surface area contributed by atoms with Gasteiger partial charge in [0.1, 0.15) is 0 Å². The number of nitrogens with one attached hydrogen (secondary N) is 1. The maximum atomic E-state index is 13.0. The summed E-state index contributed by atoms with van der Waals surface area (Å²) in [4.78, 5) is 0.214. The zero-order chi connectivity index (χ0) is 17.4. The lowest BCUT2D eigenvalue weighted by Crippen LogP contribution is -2.48. The Balaban J connectivity index is 1.86. The first-order valence-electron chi connectivity index (χ1n) is 8.55. The van der Waals surface area contributed by atoms with Crippen molar-refractivity contribution in [2.45, 2.75) is 61.3 Å². The molecule has 24 heavy (non-hydrogen) atoms. The lowest BCUT2D eigenvalue weighted by atomic mass is 9.95. The largest absolute Gasteiger partial charge is 0.309 e. The SMILES string of the molecule is Cc1ccc(S(=O)(=O)[C@@H]2CS(=O)(=O)C[C@H]2NC2CCCCC2)cc1. The van der Waals surface area contributed by atoms with Gasteiger partial charge in [0.25, 0.3) is 0 Å². The molecular weight excluding hydrogens is 346 g/mol. The quantitative estimate of drug-likeness (QED) is 0.874. The minimum atomic E-state index is -3.67. The maximum Gasteiger partial charge on any atom is 0.183 e. The van der Waals surface area contributed by atoms with E-state index in [4.69, 9.17) is 0 Å². The van der Waals surface area contributed by atoms with E-state index in [9.17, 15) is 16.8 Å². The molecule has 7 heteroatoms. The summed E-state index contributed by atoms with van der Waals surface area (Å²) in [5.74, 6) is -0.368. The number of hydrogen-bond donors (Lipinski definition) is 1. The molecule has 1 saturated carbocycles. The van der Waals surface area contributed by atoms with Crippen LogP contribution in [0.4, 0.5) is 0 Å². The Labute approximate surface area is 144 Å². The minimum Gasteiger partial charge on any atom is -0.309 e. The van der Waals surface area contributed by atoms with Crippen LogP contribution >= 0.6 is 0 Å². The van der Waals surface area contributed by atoms with E-state index in [1.54, 1.807) is 24.3 Å². The highest BCUT2D eigenvalue weighted by molar-refractivity contribution is 7.96. The molecule has 1 aromatic carbocycles. The third-order valence-corrected chi connectivity index (χ3v) is 9.27. The number of sulfone groups is 2. The van der Waals surface area contributed by atoms with Crippen LogP contribution in [0.15, 0.2) is 29.2 Å². The van der Waals surface area contributed by atoms with E-state index in [1.807, 2.05) is 6.92 Å². The normalized spacial score (nSPS) is 28.0. The van der Waals surface area contributed by atoms with Crippen molar-refractivity contribution in [1.29, 1.82) is 0 Å². The predicted molar refractivity (Wildman–Crippen MR) is 94.6 cm³/mol. The van der Waals surface area contributed by atoms with E-state index in [2.05, 4.69) is 5.32 Å². The monoisotopic (exact) mass is 371 g/mol. The van der Waals surface area contributed by atoms with Crippen LogP contribution in [0.3, 0.4) is 0 Å². The molecule has 2 aliphatic rings. The molecule has 1 N–H and O–H groups in total. The van der Waals surface area contributed by atoms with Gasteiger partial charge in [-0.15, -0.1) is 0 Å². The van der Waals surface area contributed by atoms with Gasteiger partial charge in [0.15, 0.2) is 19.7 Å². The highest BCUT2D eigenvalue weighted by atomic mass is 32.2. The topological polar surface area (TPSA) is 80.3 Å². The molecule has 1 aliphatic carbocycles. The zero-order valence-corrected chi connectivity index (χ0v) is 15.6. The molecule has 0 aromatic heterocycles. The van der Waals surface area contributed by atoms with E-state index < -0.39 is 31.0 Å². The van der Waals surface area contributed by atoms with Crippen molar-refractivity contribution in [3.05, 3.63) is 29.8 Å². The van der Waals surface area contributed by atoms with Crippen molar-refractivity contribution >= 4 is 19.7 Å². The van der Waals surface area contributed by atoms with E-state index in [0.29, 0.717) is 0 Å². The second kappa shape index (κ2) is 6.77. The number of hydrogen-bond acceptors (Lipinski definition) is 5. The van der Waals surface area contributed by atoms with E-state index in [0.717, 1.165) is 31.2 Å². The summed E-state index contributed by atoms with van der Waals surface area (Å²) in [5.41, 5.74) is 0.977. The molecule has 1 aliphatic heterocycles. The second-order valence-corrected chi connectivity index (χ2v) is 11.4. The second-order valence-electron chi connectivity index (χ2n) is 7.08. The smallest absolute Gasteiger partial charge is 0.183 e. The first-order valence-corrected chi connectivity index (χ1v) is 11.9. The molecule has 0 amide bonds. The van der Waals surface area contributed by atoms with Crippen LogP contribution in [0.1, 0.15) is 37.7 Å². The molecule has 0 spiro atoms. The van der Waals surface area contributed by atoms with Gasteiger partial charge in [-0.05, 0) is 31.9 Å². The Morgan fingerprint density at radius 2 is 1.62 bits per heavy atom. The molecule has 1 heterocycles. The molecular formula is C17H25NO4S2. The van der Waals surface area contributed by atoms with Gasteiger partial charge in [0.05, 0.1) is 21.7 Å². The fraction of sp³-hybridized carbons (Fsp3) is 0.647. The summed E-state index contributed by atoms with van der Waals surface area (Å²) in [7, 11) is -7.00. The Bertz CT molecular complexity index is 778. The van der Waals surface area contributed by atoms with Gasteiger partial charge in [-0.25, -0.2) is 16.8 Å². The molecule has 0 bridgehead atoms. The summed E-state index contributed by atoms with van der Waals surface area (Å²) >= 11 is 0. The lowest BCUT2D eigenvalue weighted by molar-refractivity contribution is 0.345. The van der Waals surface area contributed by atoms with Crippen LogP contribution in [-0.2, 0) is 19.7 Å². The summed E-state index contributed by atoms with van der Waals surface area (Å²) < 4.78 is 50.2. The third-order valence-electron chi connectivity index (χ3n) is 5.10. The number of rotatable bonds is 4.